The minimum absolute atomic E-state index is 0.0598. The molecule has 1 atom stereocenters. The van der Waals surface area contributed by atoms with Gasteiger partial charge in [0.05, 0.1) is 103 Å². The summed E-state index contributed by atoms with van der Waals surface area (Å²) in [5, 5.41) is 13.4. The Bertz CT molecular complexity index is 2800. The quantitative estimate of drug-likeness (QED) is 0.0405. The first-order chi connectivity index (χ1) is 37.6. The molecule has 3 aliphatic heterocycles. The largest absolute Gasteiger partial charge is 0.382 e. The normalized spacial score (nSPS) is 17.2. The molecule has 21 nitrogen and oxygen atoms in total. The smallest absolute Gasteiger partial charge is 0.264 e. The lowest BCUT2D eigenvalue weighted by Crippen LogP contribution is -2.54. The number of hydrogen-bond acceptors (Lipinski definition) is 17. The molecule has 77 heavy (non-hydrogen) atoms. The molecule has 2 saturated heterocycles. The van der Waals surface area contributed by atoms with Crippen LogP contribution in [-0.4, -0.2) is 178 Å². The maximum atomic E-state index is 13.2. The van der Waals surface area contributed by atoms with Gasteiger partial charge in [-0.1, -0.05) is 42.6 Å². The summed E-state index contributed by atoms with van der Waals surface area (Å²) in [6, 6.07) is 17.1. The van der Waals surface area contributed by atoms with Gasteiger partial charge in [-0.2, -0.15) is 0 Å². The van der Waals surface area contributed by atoms with E-state index in [4.69, 9.17) is 37.9 Å². The lowest BCUT2D eigenvalue weighted by molar-refractivity contribution is -0.136. The number of ether oxygens (including phenoxy) is 6. The maximum absolute atomic E-state index is 13.2. The molecule has 3 aromatic heterocycles. The Morgan fingerprint density at radius 3 is 1.97 bits per heavy atom. The number of aromatic nitrogens is 3. The number of piperidine rings is 1. The van der Waals surface area contributed by atoms with E-state index in [1.165, 1.54) is 19.3 Å². The fourth-order valence-corrected chi connectivity index (χ4v) is 10.4. The van der Waals surface area contributed by atoms with Gasteiger partial charge in [0, 0.05) is 79.4 Å². The number of piperazine rings is 1. The standard InChI is InChI=1S/C56H71N9O12/c1-38-50(39(2)77-61-38)41-13-17-47-59-52(53(64(47)37-41)58-42-7-4-3-5-8-42)40-11-14-43(15-12-40)62-21-23-63(24-22-62)49(67)19-25-71-27-29-73-31-33-75-35-36-76-34-32-74-30-28-72-26-20-57-45-10-6-9-44-51(45)56(70)65(55(44)69)46-16-18-48(66)60-54(46)68/h6,9-15,17,37,42,46,57-58H,3-5,7-8,16,18-36H2,1-2H3,(H,60,66,68). The van der Waals surface area contributed by atoms with E-state index >= 15 is 0 Å². The van der Waals surface area contributed by atoms with E-state index < -0.39 is 29.7 Å². The van der Waals surface area contributed by atoms with Crippen molar-refractivity contribution in [2.75, 3.05) is 128 Å². The van der Waals surface area contributed by atoms with E-state index in [0.29, 0.717) is 117 Å². The summed E-state index contributed by atoms with van der Waals surface area (Å²) in [5.41, 5.74) is 7.81. The third kappa shape index (κ3) is 13.9. The van der Waals surface area contributed by atoms with Crippen LogP contribution in [0, 0.1) is 13.8 Å². The molecule has 1 saturated carbocycles. The zero-order chi connectivity index (χ0) is 53.5. The molecular formula is C56H71N9O12. The van der Waals surface area contributed by atoms with Gasteiger partial charge in [0.1, 0.15) is 29.0 Å². The van der Waals surface area contributed by atoms with Crippen LogP contribution in [0.4, 0.5) is 17.2 Å². The minimum atomic E-state index is -1.02. The summed E-state index contributed by atoms with van der Waals surface area (Å²) in [5.74, 6) is -0.282. The van der Waals surface area contributed by atoms with Gasteiger partial charge >= 0.3 is 0 Å². The molecule has 0 bridgehead atoms. The summed E-state index contributed by atoms with van der Waals surface area (Å²) in [6.45, 7) is 11.8. The summed E-state index contributed by atoms with van der Waals surface area (Å²) < 4.78 is 41.3. The highest BCUT2D eigenvalue weighted by Gasteiger charge is 2.45. The van der Waals surface area contributed by atoms with Crippen molar-refractivity contribution in [2.45, 2.75) is 77.3 Å². The number of hydrogen-bond donors (Lipinski definition) is 3. The topological polar surface area (TPSA) is 230 Å². The first-order valence-corrected chi connectivity index (χ1v) is 27.0. The Balaban J connectivity index is 0.572. The number of fused-ring (bicyclic) bond motifs is 2. The van der Waals surface area contributed by atoms with Crippen molar-refractivity contribution in [1.29, 1.82) is 0 Å². The third-order valence-corrected chi connectivity index (χ3v) is 14.4. The molecule has 3 N–H and O–H groups in total. The summed E-state index contributed by atoms with van der Waals surface area (Å²) >= 11 is 0. The molecule has 1 aliphatic carbocycles. The van der Waals surface area contributed by atoms with Crippen LogP contribution in [0.1, 0.15) is 83.5 Å². The van der Waals surface area contributed by atoms with Crippen LogP contribution in [0.15, 0.2) is 65.3 Å². The van der Waals surface area contributed by atoms with Crippen LogP contribution < -0.4 is 20.9 Å². The summed E-state index contributed by atoms with van der Waals surface area (Å²) in [4.78, 5) is 73.6. The second kappa shape index (κ2) is 27.0. The van der Waals surface area contributed by atoms with Gasteiger partial charge in [0.25, 0.3) is 11.8 Å². The van der Waals surface area contributed by atoms with Crippen LogP contribution >= 0.6 is 0 Å². The van der Waals surface area contributed by atoms with E-state index in [-0.39, 0.29) is 29.9 Å². The molecule has 5 amide bonds. The molecule has 1 unspecified atom stereocenters. The Morgan fingerprint density at radius 2 is 1.34 bits per heavy atom. The Morgan fingerprint density at radius 1 is 0.701 bits per heavy atom. The van der Waals surface area contributed by atoms with Crippen molar-refractivity contribution in [3.05, 3.63) is 83.4 Å². The van der Waals surface area contributed by atoms with E-state index in [9.17, 15) is 24.0 Å². The second-order valence-corrected chi connectivity index (χ2v) is 19.6. The highest BCUT2D eigenvalue weighted by atomic mass is 16.6. The lowest BCUT2D eigenvalue weighted by atomic mass is 9.95. The van der Waals surface area contributed by atoms with Gasteiger partial charge in [-0.3, -0.25) is 38.6 Å². The number of nitrogens with one attached hydrogen (secondary N) is 3. The summed E-state index contributed by atoms with van der Waals surface area (Å²) in [7, 11) is 0. The highest BCUT2D eigenvalue weighted by molar-refractivity contribution is 6.25. The minimum Gasteiger partial charge on any atom is -0.382 e. The van der Waals surface area contributed by atoms with Gasteiger partial charge in [0.2, 0.25) is 17.7 Å². The zero-order valence-corrected chi connectivity index (χ0v) is 44.2. The number of rotatable bonds is 28. The van der Waals surface area contributed by atoms with Gasteiger partial charge < -0.3 is 53.4 Å². The van der Waals surface area contributed by atoms with Crippen LogP contribution in [0.3, 0.4) is 0 Å². The molecule has 412 valence electrons. The van der Waals surface area contributed by atoms with Crippen molar-refractivity contribution in [1.82, 2.24) is 29.7 Å². The average Bonchev–Trinajstić information content (AvgIpc) is 4.22. The molecule has 9 rings (SSSR count). The zero-order valence-electron chi connectivity index (χ0n) is 44.2. The number of pyridine rings is 1. The van der Waals surface area contributed by atoms with E-state index in [2.05, 4.69) is 73.0 Å². The van der Waals surface area contributed by atoms with E-state index in [1.54, 1.807) is 18.2 Å². The number of imidazole rings is 1. The number of amides is 5. The number of benzene rings is 2. The molecule has 21 heteroatoms. The van der Waals surface area contributed by atoms with E-state index in [1.807, 2.05) is 18.7 Å². The predicted octanol–water partition coefficient (Wildman–Crippen LogP) is 5.67. The average molecular weight is 1060 g/mol. The van der Waals surface area contributed by atoms with Gasteiger partial charge in [-0.15, -0.1) is 0 Å². The van der Waals surface area contributed by atoms with Crippen molar-refractivity contribution < 1.29 is 56.9 Å². The van der Waals surface area contributed by atoms with Crippen molar-refractivity contribution in [3.63, 3.8) is 0 Å². The number of nitrogens with zero attached hydrogens (tertiary/aromatic N) is 6. The Kier molecular flexibility index (Phi) is 19.3. The predicted molar refractivity (Wildman–Crippen MR) is 286 cm³/mol. The Labute approximate surface area is 448 Å². The Hall–Kier alpha value is -6.75. The number of carbonyl (C=O) groups is 5. The number of imide groups is 2. The molecule has 6 heterocycles. The summed E-state index contributed by atoms with van der Waals surface area (Å²) in [6.07, 6.45) is 8.66. The first kappa shape index (κ1) is 55.0. The molecule has 3 fully saturated rings. The lowest BCUT2D eigenvalue weighted by Gasteiger charge is -2.36. The van der Waals surface area contributed by atoms with Gasteiger partial charge in [-0.25, -0.2) is 4.98 Å². The maximum Gasteiger partial charge on any atom is 0.264 e. The molecule has 2 aromatic carbocycles. The van der Waals surface area contributed by atoms with Crippen LogP contribution in [0.5, 0.6) is 0 Å². The second-order valence-electron chi connectivity index (χ2n) is 19.6. The van der Waals surface area contributed by atoms with Crippen LogP contribution in [0.25, 0.3) is 28.0 Å². The van der Waals surface area contributed by atoms with Crippen molar-refractivity contribution in [2.24, 2.45) is 0 Å². The highest BCUT2D eigenvalue weighted by Crippen LogP contribution is 2.36. The molecule has 0 radical (unpaired) electrons. The first-order valence-electron chi connectivity index (χ1n) is 27.0. The number of anilines is 3. The SMILES string of the molecule is Cc1noc(C)c1-c1ccc2nc(-c3ccc(N4CCN(C(=O)CCOCCOCCOCCOCCOCCOCCNc5cccc6c5C(=O)N(C5CCC(=O)NC5=O)C6=O)CC4)cc3)c(NC3CCCCC3)n2c1. The molecular weight excluding hydrogens is 991 g/mol. The van der Waals surface area contributed by atoms with E-state index in [0.717, 1.165) is 81.8 Å². The van der Waals surface area contributed by atoms with Crippen LogP contribution in [0.2, 0.25) is 0 Å². The molecule has 0 spiro atoms. The number of carbonyl (C=O) groups excluding carboxylic acids is 5. The third-order valence-electron chi connectivity index (χ3n) is 14.4. The van der Waals surface area contributed by atoms with Gasteiger partial charge in [-0.05, 0) is 69.5 Å². The number of aryl methyl sites for hydroxylation is 2. The van der Waals surface area contributed by atoms with Crippen LogP contribution in [-0.2, 0) is 42.8 Å². The fourth-order valence-electron chi connectivity index (χ4n) is 10.4. The monoisotopic (exact) mass is 1060 g/mol. The van der Waals surface area contributed by atoms with Gasteiger partial charge in [0.15, 0.2) is 0 Å². The van der Waals surface area contributed by atoms with Crippen molar-refractivity contribution in [3.8, 4) is 22.4 Å². The molecule has 4 aliphatic rings. The van der Waals surface area contributed by atoms with Crippen molar-refractivity contribution >= 4 is 52.4 Å². The fraction of sp³-hybridized carbons (Fsp3) is 0.518. The molecule has 5 aromatic rings.